The van der Waals surface area contributed by atoms with E-state index >= 15 is 0 Å². The van der Waals surface area contributed by atoms with Gasteiger partial charge in [-0.3, -0.25) is 0 Å². The third-order valence-corrected chi connectivity index (χ3v) is 2.88. The van der Waals surface area contributed by atoms with E-state index in [9.17, 15) is 0 Å². The number of benzene rings is 1. The summed E-state index contributed by atoms with van der Waals surface area (Å²) in [6, 6.07) is 7.94. The van der Waals surface area contributed by atoms with Crippen molar-refractivity contribution in [3.8, 4) is 11.6 Å². The Bertz CT molecular complexity index is 501. The molecule has 1 aromatic carbocycles. The first kappa shape index (κ1) is 7.76. The summed E-state index contributed by atoms with van der Waals surface area (Å²) < 4.78 is 5.68. The molecule has 0 atom stereocenters. The van der Waals surface area contributed by atoms with Crippen LogP contribution in [0.15, 0.2) is 29.8 Å². The Labute approximate surface area is 85.5 Å². The van der Waals surface area contributed by atoms with E-state index in [2.05, 4.69) is 11.1 Å². The number of rotatable bonds is 0. The molecule has 0 bridgehead atoms. The SMILES string of the molecule is C1=Cc2scnc2Oc2ccccc21. The minimum Gasteiger partial charge on any atom is -0.437 e. The zero-order valence-electron chi connectivity index (χ0n) is 7.31. The zero-order valence-corrected chi connectivity index (χ0v) is 8.12. The molecule has 2 nitrogen and oxygen atoms in total. The second-order valence-electron chi connectivity index (χ2n) is 2.99. The van der Waals surface area contributed by atoms with E-state index in [1.165, 1.54) is 0 Å². The molecule has 0 fully saturated rings. The summed E-state index contributed by atoms with van der Waals surface area (Å²) in [5.41, 5.74) is 2.89. The van der Waals surface area contributed by atoms with Crippen LogP contribution in [0.4, 0.5) is 0 Å². The van der Waals surface area contributed by atoms with Gasteiger partial charge in [0.1, 0.15) is 5.75 Å². The van der Waals surface area contributed by atoms with Crippen LogP contribution in [0.25, 0.3) is 12.2 Å². The van der Waals surface area contributed by atoms with Gasteiger partial charge in [-0.1, -0.05) is 18.2 Å². The standard InChI is InChI=1S/C11H7NOS/c1-2-4-9-8(3-1)5-6-10-11(13-9)12-7-14-10/h1-7H. The Hall–Kier alpha value is -1.61. The summed E-state index contributed by atoms with van der Waals surface area (Å²) in [5, 5.41) is 0. The lowest BCUT2D eigenvalue weighted by Gasteiger charge is -2.03. The normalized spacial score (nSPS) is 12.6. The minimum atomic E-state index is 0.705. The molecule has 0 aliphatic carbocycles. The number of ether oxygens (including phenoxy) is 1. The number of hydrogen-bond acceptors (Lipinski definition) is 3. The van der Waals surface area contributed by atoms with Crippen molar-refractivity contribution in [2.45, 2.75) is 0 Å². The van der Waals surface area contributed by atoms with Crippen LogP contribution in [0.2, 0.25) is 0 Å². The quantitative estimate of drug-likeness (QED) is 0.556. The van der Waals surface area contributed by atoms with Gasteiger partial charge in [0.25, 0.3) is 0 Å². The van der Waals surface area contributed by atoms with Gasteiger partial charge in [-0.05, 0) is 18.2 Å². The molecule has 2 heterocycles. The van der Waals surface area contributed by atoms with Crippen LogP contribution < -0.4 is 4.74 Å². The van der Waals surface area contributed by atoms with Crippen LogP contribution in [0.1, 0.15) is 10.4 Å². The molecule has 3 heteroatoms. The lowest BCUT2D eigenvalue weighted by atomic mass is 10.2. The maximum Gasteiger partial charge on any atom is 0.237 e. The first-order valence-corrected chi connectivity index (χ1v) is 5.20. The first-order valence-electron chi connectivity index (χ1n) is 4.32. The number of hydrogen-bond donors (Lipinski definition) is 0. The summed E-state index contributed by atoms with van der Waals surface area (Å²) in [4.78, 5) is 5.23. The van der Waals surface area contributed by atoms with Gasteiger partial charge in [-0.25, -0.2) is 4.98 Å². The molecule has 3 rings (SSSR count). The molecule has 68 valence electrons. The van der Waals surface area contributed by atoms with Crippen LogP contribution in [0, 0.1) is 0 Å². The van der Waals surface area contributed by atoms with Gasteiger partial charge < -0.3 is 4.74 Å². The van der Waals surface area contributed by atoms with E-state index in [1.54, 1.807) is 16.8 Å². The topological polar surface area (TPSA) is 22.1 Å². The summed E-state index contributed by atoms with van der Waals surface area (Å²) >= 11 is 1.59. The van der Waals surface area contributed by atoms with E-state index in [0.29, 0.717) is 5.88 Å². The molecule has 0 spiro atoms. The highest BCUT2D eigenvalue weighted by Gasteiger charge is 2.11. The number of fused-ring (bicyclic) bond motifs is 2. The second kappa shape index (κ2) is 2.96. The number of aromatic nitrogens is 1. The van der Waals surface area contributed by atoms with Gasteiger partial charge in [-0.15, -0.1) is 11.3 Å². The van der Waals surface area contributed by atoms with Crippen molar-refractivity contribution in [3.63, 3.8) is 0 Å². The smallest absolute Gasteiger partial charge is 0.237 e. The molecule has 0 amide bonds. The minimum absolute atomic E-state index is 0.705. The zero-order chi connectivity index (χ0) is 9.38. The largest absolute Gasteiger partial charge is 0.437 e. The third kappa shape index (κ3) is 1.14. The highest BCUT2D eigenvalue weighted by Crippen LogP contribution is 2.34. The van der Waals surface area contributed by atoms with E-state index < -0.39 is 0 Å². The van der Waals surface area contributed by atoms with Gasteiger partial charge >= 0.3 is 0 Å². The average molecular weight is 201 g/mol. The Morgan fingerprint density at radius 3 is 3.07 bits per heavy atom. The summed E-state index contributed by atoms with van der Waals surface area (Å²) in [6.07, 6.45) is 4.10. The van der Waals surface area contributed by atoms with Crippen molar-refractivity contribution in [1.29, 1.82) is 0 Å². The molecule has 1 aromatic heterocycles. The predicted octanol–water partition coefficient (Wildman–Crippen LogP) is 3.42. The van der Waals surface area contributed by atoms with Gasteiger partial charge in [0.05, 0.1) is 10.4 Å². The molecule has 14 heavy (non-hydrogen) atoms. The maximum absolute atomic E-state index is 5.68. The fourth-order valence-corrected chi connectivity index (χ4v) is 2.02. The third-order valence-electron chi connectivity index (χ3n) is 2.10. The van der Waals surface area contributed by atoms with E-state index in [-0.39, 0.29) is 0 Å². The first-order chi connectivity index (χ1) is 6.93. The molecule has 1 aliphatic rings. The molecule has 0 radical (unpaired) electrons. The van der Waals surface area contributed by atoms with Crippen molar-refractivity contribution in [1.82, 2.24) is 4.98 Å². The van der Waals surface area contributed by atoms with Crippen LogP contribution in [-0.4, -0.2) is 4.98 Å². The molecule has 2 aromatic rings. The van der Waals surface area contributed by atoms with Gasteiger partial charge in [0.2, 0.25) is 5.88 Å². The van der Waals surface area contributed by atoms with Crippen LogP contribution in [-0.2, 0) is 0 Å². The summed E-state index contributed by atoms with van der Waals surface area (Å²) in [7, 11) is 0. The Kier molecular flexibility index (Phi) is 1.64. The fraction of sp³-hybridized carbons (Fsp3) is 0. The van der Waals surface area contributed by atoms with Crippen molar-refractivity contribution in [2.75, 3.05) is 0 Å². The molecular formula is C11H7NOS. The molecule has 0 unspecified atom stereocenters. The Balaban J connectivity index is 2.19. The highest BCUT2D eigenvalue weighted by atomic mass is 32.1. The van der Waals surface area contributed by atoms with Crippen LogP contribution in [0.5, 0.6) is 11.6 Å². The molecule has 0 saturated carbocycles. The lowest BCUT2D eigenvalue weighted by Crippen LogP contribution is -1.85. The monoisotopic (exact) mass is 201 g/mol. The lowest BCUT2D eigenvalue weighted by molar-refractivity contribution is 0.465. The van der Waals surface area contributed by atoms with Gasteiger partial charge in [0, 0.05) is 5.56 Å². The number of nitrogens with zero attached hydrogens (tertiary/aromatic N) is 1. The highest BCUT2D eigenvalue weighted by molar-refractivity contribution is 7.10. The number of para-hydroxylation sites is 1. The maximum atomic E-state index is 5.68. The number of thiazole rings is 1. The van der Waals surface area contributed by atoms with Crippen molar-refractivity contribution < 1.29 is 4.74 Å². The van der Waals surface area contributed by atoms with E-state index in [0.717, 1.165) is 16.2 Å². The Morgan fingerprint density at radius 2 is 2.07 bits per heavy atom. The summed E-state index contributed by atoms with van der Waals surface area (Å²) in [6.45, 7) is 0. The fourth-order valence-electron chi connectivity index (χ4n) is 1.41. The molecule has 0 N–H and O–H groups in total. The Morgan fingerprint density at radius 1 is 1.14 bits per heavy atom. The van der Waals surface area contributed by atoms with Crippen molar-refractivity contribution >= 4 is 23.5 Å². The average Bonchev–Trinajstić information content (AvgIpc) is 2.58. The van der Waals surface area contributed by atoms with Crippen molar-refractivity contribution in [2.24, 2.45) is 0 Å². The van der Waals surface area contributed by atoms with Gasteiger partial charge in [0.15, 0.2) is 0 Å². The van der Waals surface area contributed by atoms with Gasteiger partial charge in [-0.2, -0.15) is 0 Å². The summed E-state index contributed by atoms with van der Waals surface area (Å²) in [5.74, 6) is 1.57. The van der Waals surface area contributed by atoms with Crippen LogP contribution in [0.3, 0.4) is 0 Å². The van der Waals surface area contributed by atoms with E-state index in [4.69, 9.17) is 4.74 Å². The van der Waals surface area contributed by atoms with E-state index in [1.807, 2.05) is 30.3 Å². The van der Waals surface area contributed by atoms with Crippen molar-refractivity contribution in [3.05, 3.63) is 40.2 Å². The molecule has 0 saturated heterocycles. The molecular weight excluding hydrogens is 194 g/mol. The second-order valence-corrected chi connectivity index (χ2v) is 3.88. The van der Waals surface area contributed by atoms with Crippen LogP contribution >= 0.6 is 11.3 Å². The molecule has 1 aliphatic heterocycles. The predicted molar refractivity (Wildman–Crippen MR) is 57.6 cm³/mol.